The van der Waals surface area contributed by atoms with Gasteiger partial charge in [-0.05, 0) is 36.4 Å². The molecule has 28 heavy (non-hydrogen) atoms. The number of nitrogens with zero attached hydrogens (tertiary/aromatic N) is 1. The summed E-state index contributed by atoms with van der Waals surface area (Å²) in [6.45, 7) is 0. The van der Waals surface area contributed by atoms with Gasteiger partial charge in [-0.1, -0.05) is 48.5 Å². The molecular weight excluding hydrogens is 374 g/mol. The van der Waals surface area contributed by atoms with Gasteiger partial charge in [0.25, 0.3) is 0 Å². The van der Waals surface area contributed by atoms with Gasteiger partial charge < -0.3 is 9.15 Å². The molecule has 0 saturated carbocycles. The lowest BCUT2D eigenvalue weighted by atomic mass is 10.2. The minimum Gasteiger partial charge on any atom is -0.493 e. The molecule has 1 heterocycles. The van der Waals surface area contributed by atoms with Crippen LogP contribution < -0.4 is 10.3 Å². The maximum absolute atomic E-state index is 13.3. The van der Waals surface area contributed by atoms with Gasteiger partial charge in [-0.15, -0.1) is 0 Å². The van der Waals surface area contributed by atoms with E-state index in [-0.39, 0.29) is 15.3 Å². The number of hydrogen-bond donors (Lipinski definition) is 0. The highest BCUT2D eigenvalue weighted by molar-refractivity contribution is 7.91. The Morgan fingerprint density at radius 1 is 0.857 bits per heavy atom. The highest BCUT2D eigenvalue weighted by Gasteiger charge is 2.22. The van der Waals surface area contributed by atoms with E-state index in [1.165, 1.54) is 7.11 Å². The van der Waals surface area contributed by atoms with Crippen molar-refractivity contribution in [3.63, 3.8) is 0 Å². The highest BCUT2D eigenvalue weighted by atomic mass is 32.2. The van der Waals surface area contributed by atoms with Crippen LogP contribution in [0.5, 0.6) is 5.75 Å². The van der Waals surface area contributed by atoms with E-state index >= 15 is 0 Å². The van der Waals surface area contributed by atoms with E-state index in [9.17, 15) is 8.42 Å². The molecule has 0 aliphatic heterocycles. The molecule has 5 nitrogen and oxygen atoms in total. The van der Waals surface area contributed by atoms with Crippen LogP contribution in [0, 0.1) is 0 Å². The van der Waals surface area contributed by atoms with Gasteiger partial charge in [-0.3, -0.25) is 0 Å². The summed E-state index contributed by atoms with van der Waals surface area (Å²) in [5, 5.41) is 0.612. The second-order valence-corrected chi connectivity index (χ2v) is 7.98. The van der Waals surface area contributed by atoms with Crippen LogP contribution in [0.4, 0.5) is 5.69 Å². The van der Waals surface area contributed by atoms with Crippen LogP contribution in [-0.4, -0.2) is 15.5 Å². The van der Waals surface area contributed by atoms with E-state index in [1.54, 1.807) is 66.7 Å². The first-order chi connectivity index (χ1) is 13.6. The molecular formula is C22H17NO4S. The Labute approximate surface area is 162 Å². The predicted molar refractivity (Wildman–Crippen MR) is 106 cm³/mol. The minimum atomic E-state index is -3.83. The largest absolute Gasteiger partial charge is 0.493 e. The van der Waals surface area contributed by atoms with E-state index in [1.807, 2.05) is 18.2 Å². The number of rotatable bonds is 4. The average Bonchev–Trinajstić information content (AvgIpc) is 2.74. The third-order valence-electron chi connectivity index (χ3n) is 4.26. The van der Waals surface area contributed by atoms with Crippen LogP contribution in [0.3, 0.4) is 0 Å². The zero-order valence-electron chi connectivity index (χ0n) is 15.1. The Kier molecular flexibility index (Phi) is 4.71. The Balaban J connectivity index is 2.07. The molecule has 4 rings (SSSR count). The Bertz CT molecular complexity index is 1290. The van der Waals surface area contributed by atoms with E-state index in [2.05, 4.69) is 4.99 Å². The summed E-state index contributed by atoms with van der Waals surface area (Å²) in [4.78, 5) is 4.64. The first-order valence-corrected chi connectivity index (χ1v) is 10.1. The number of ether oxygens (including phenoxy) is 1. The molecule has 6 heteroatoms. The van der Waals surface area contributed by atoms with E-state index < -0.39 is 9.84 Å². The SMILES string of the molecule is COc1cccc2cc(S(=O)(=O)c3ccccc3)c(=Nc3ccccc3)oc12. The lowest BCUT2D eigenvalue weighted by molar-refractivity contribution is 0.404. The maximum atomic E-state index is 13.3. The van der Waals surface area contributed by atoms with Gasteiger partial charge in [-0.25, -0.2) is 13.4 Å². The molecule has 0 N–H and O–H groups in total. The summed E-state index contributed by atoms with van der Waals surface area (Å²) in [6, 6.07) is 24.2. The molecule has 0 atom stereocenters. The lowest BCUT2D eigenvalue weighted by Gasteiger charge is -2.09. The van der Waals surface area contributed by atoms with Crippen LogP contribution in [0.25, 0.3) is 11.0 Å². The van der Waals surface area contributed by atoms with Crippen molar-refractivity contribution in [3.8, 4) is 5.75 Å². The smallest absolute Gasteiger partial charge is 0.239 e. The van der Waals surface area contributed by atoms with E-state index in [0.29, 0.717) is 22.4 Å². The third kappa shape index (κ3) is 3.30. The molecule has 0 aliphatic rings. The van der Waals surface area contributed by atoms with E-state index in [0.717, 1.165) is 0 Å². The molecule has 140 valence electrons. The number of methoxy groups -OCH3 is 1. The molecule has 0 amide bonds. The summed E-state index contributed by atoms with van der Waals surface area (Å²) in [7, 11) is -2.29. The molecule has 0 saturated heterocycles. The number of benzene rings is 3. The van der Waals surface area contributed by atoms with Gasteiger partial charge in [0.15, 0.2) is 11.3 Å². The normalized spacial score (nSPS) is 12.2. The Morgan fingerprint density at radius 3 is 2.21 bits per heavy atom. The minimum absolute atomic E-state index is 0.00306. The first-order valence-electron chi connectivity index (χ1n) is 8.60. The third-order valence-corrected chi connectivity index (χ3v) is 6.02. The molecule has 0 spiro atoms. The maximum Gasteiger partial charge on any atom is 0.239 e. The van der Waals surface area contributed by atoms with Crippen LogP contribution in [-0.2, 0) is 9.84 Å². The number of fused-ring (bicyclic) bond motifs is 1. The molecule has 1 aromatic heterocycles. The Morgan fingerprint density at radius 2 is 1.54 bits per heavy atom. The van der Waals surface area contributed by atoms with E-state index in [4.69, 9.17) is 9.15 Å². The molecule has 3 aromatic carbocycles. The second kappa shape index (κ2) is 7.32. The molecule has 0 radical (unpaired) electrons. The summed E-state index contributed by atoms with van der Waals surface area (Å²) in [6.07, 6.45) is 0. The second-order valence-electron chi connectivity index (χ2n) is 6.06. The first kappa shape index (κ1) is 18.0. The van der Waals surface area contributed by atoms with Crippen molar-refractivity contribution in [2.75, 3.05) is 7.11 Å². The van der Waals surface area contributed by atoms with Gasteiger partial charge in [0, 0.05) is 5.39 Å². The standard InChI is InChI=1S/C22H17NO4S/c1-26-19-14-8-9-16-15-20(28(24,25)18-12-6-3-7-13-18)22(27-21(16)19)23-17-10-4-2-5-11-17/h2-15H,1H3. The molecule has 4 aromatic rings. The average molecular weight is 391 g/mol. The van der Waals surface area contributed by atoms with Crippen molar-refractivity contribution in [1.82, 2.24) is 0 Å². The van der Waals surface area contributed by atoms with Gasteiger partial charge in [0.1, 0.15) is 4.90 Å². The van der Waals surface area contributed by atoms with Crippen molar-refractivity contribution in [1.29, 1.82) is 0 Å². The zero-order chi connectivity index (χ0) is 19.6. The summed E-state index contributed by atoms with van der Waals surface area (Å²) >= 11 is 0. The summed E-state index contributed by atoms with van der Waals surface area (Å²) < 4.78 is 37.9. The van der Waals surface area contributed by atoms with Crippen molar-refractivity contribution < 1.29 is 17.6 Å². The monoisotopic (exact) mass is 391 g/mol. The van der Waals surface area contributed by atoms with Gasteiger partial charge in [-0.2, -0.15) is 0 Å². The summed E-state index contributed by atoms with van der Waals surface area (Å²) in [5.41, 5.74) is 1.03. The van der Waals surface area contributed by atoms with Crippen molar-refractivity contribution >= 4 is 26.5 Å². The topological polar surface area (TPSA) is 68.9 Å². The molecule has 0 fully saturated rings. The van der Waals surface area contributed by atoms with Crippen LogP contribution in [0.1, 0.15) is 0 Å². The van der Waals surface area contributed by atoms with Gasteiger partial charge >= 0.3 is 0 Å². The predicted octanol–water partition coefficient (Wildman–Crippen LogP) is 4.51. The van der Waals surface area contributed by atoms with Gasteiger partial charge in [0.05, 0.1) is 17.7 Å². The number of sulfone groups is 1. The number of para-hydroxylation sites is 2. The quantitative estimate of drug-likeness (QED) is 0.513. The molecule has 0 unspecified atom stereocenters. The van der Waals surface area contributed by atoms with Crippen molar-refractivity contribution in [2.24, 2.45) is 4.99 Å². The van der Waals surface area contributed by atoms with Crippen LogP contribution in [0.15, 0.2) is 104 Å². The fraction of sp³-hybridized carbons (Fsp3) is 0.0455. The van der Waals surface area contributed by atoms with Crippen molar-refractivity contribution in [2.45, 2.75) is 9.79 Å². The Hall–Kier alpha value is -3.38. The summed E-state index contributed by atoms with van der Waals surface area (Å²) in [5.74, 6) is 0.505. The number of hydrogen-bond acceptors (Lipinski definition) is 5. The molecule has 0 aliphatic carbocycles. The van der Waals surface area contributed by atoms with Crippen LogP contribution in [0.2, 0.25) is 0 Å². The lowest BCUT2D eigenvalue weighted by Crippen LogP contribution is -2.16. The van der Waals surface area contributed by atoms with Crippen molar-refractivity contribution in [3.05, 3.63) is 90.5 Å². The van der Waals surface area contributed by atoms with Gasteiger partial charge in [0.2, 0.25) is 15.4 Å². The van der Waals surface area contributed by atoms with Crippen LogP contribution >= 0.6 is 0 Å². The highest BCUT2D eigenvalue weighted by Crippen LogP contribution is 2.28. The fourth-order valence-electron chi connectivity index (χ4n) is 2.88. The zero-order valence-corrected chi connectivity index (χ0v) is 15.9. The fourth-order valence-corrected chi connectivity index (χ4v) is 4.25. The molecule has 0 bridgehead atoms.